The molecule has 1 atom stereocenters. The molecule has 3 aromatic carbocycles. The zero-order chi connectivity index (χ0) is 23.8. The van der Waals surface area contributed by atoms with Gasteiger partial charge >= 0.3 is 0 Å². The van der Waals surface area contributed by atoms with Crippen molar-refractivity contribution in [3.05, 3.63) is 107 Å². The van der Waals surface area contributed by atoms with Crippen LogP contribution in [-0.4, -0.2) is 15.3 Å². The molecule has 0 amide bonds. The van der Waals surface area contributed by atoms with Crippen LogP contribution in [0.3, 0.4) is 0 Å². The summed E-state index contributed by atoms with van der Waals surface area (Å²) in [6.45, 7) is 1.87. The Morgan fingerprint density at radius 1 is 1.00 bits per heavy atom. The molecule has 1 unspecified atom stereocenters. The summed E-state index contributed by atoms with van der Waals surface area (Å²) in [6.07, 6.45) is 0. The first-order valence-corrected chi connectivity index (χ1v) is 11.1. The number of hydrogen-bond donors (Lipinski definition) is 1. The van der Waals surface area contributed by atoms with Crippen LogP contribution in [0.2, 0.25) is 5.02 Å². The van der Waals surface area contributed by atoms with Gasteiger partial charge in [0.05, 0.1) is 11.6 Å². The van der Waals surface area contributed by atoms with Crippen molar-refractivity contribution in [3.63, 3.8) is 0 Å². The Morgan fingerprint density at radius 2 is 1.76 bits per heavy atom. The third-order valence-electron chi connectivity index (χ3n) is 5.49. The lowest BCUT2D eigenvalue weighted by Crippen LogP contribution is -2.46. The molecule has 2 heterocycles. The Balaban J connectivity index is 1.66. The minimum absolute atomic E-state index is 0.230. The van der Waals surface area contributed by atoms with Crippen LogP contribution in [-0.2, 0) is 0 Å². The van der Waals surface area contributed by atoms with E-state index in [1.54, 1.807) is 36.4 Å². The Labute approximate surface area is 204 Å². The van der Waals surface area contributed by atoms with E-state index in [4.69, 9.17) is 28.3 Å². The molecular formula is C25H17ClF2N4OS. The zero-order valence-electron chi connectivity index (χ0n) is 17.8. The van der Waals surface area contributed by atoms with Crippen molar-refractivity contribution in [1.29, 1.82) is 0 Å². The summed E-state index contributed by atoms with van der Waals surface area (Å²) in [5.41, 5.74) is 3.33. The second kappa shape index (κ2) is 8.96. The van der Waals surface area contributed by atoms with Gasteiger partial charge in [0.1, 0.15) is 11.6 Å². The van der Waals surface area contributed by atoms with Crippen LogP contribution in [0.4, 0.5) is 14.5 Å². The third-order valence-corrected chi connectivity index (χ3v) is 6.03. The standard InChI is InChI=1S/C25H17ClF2N4OS/c1-14-21(24-30-23(31-33-24)15-8-10-18(27)11-9-15)22(16-4-2-6-19(28)12-16)29-25(34)32(14)20-7-3-5-17(26)13-20/h2-13,22H,1H3,(H,29,34). The molecule has 0 saturated heterocycles. The molecular weight excluding hydrogens is 478 g/mol. The number of allylic oxidation sites excluding steroid dienone is 1. The molecule has 5 nitrogen and oxygen atoms in total. The first-order valence-electron chi connectivity index (χ1n) is 10.3. The summed E-state index contributed by atoms with van der Waals surface area (Å²) in [6, 6.07) is 18.7. The quantitative estimate of drug-likeness (QED) is 0.325. The molecule has 34 heavy (non-hydrogen) atoms. The summed E-state index contributed by atoms with van der Waals surface area (Å²) in [4.78, 5) is 6.38. The number of halogens is 3. The number of thiocarbonyl (C=S) groups is 1. The molecule has 0 saturated carbocycles. The summed E-state index contributed by atoms with van der Waals surface area (Å²) in [5.74, 6) is -0.208. The molecule has 0 fully saturated rings. The highest BCUT2D eigenvalue weighted by Crippen LogP contribution is 2.39. The second-order valence-electron chi connectivity index (χ2n) is 7.68. The van der Waals surface area contributed by atoms with Gasteiger partial charge in [-0.3, -0.25) is 4.90 Å². The van der Waals surface area contributed by atoms with Crippen molar-refractivity contribution < 1.29 is 13.3 Å². The average molecular weight is 495 g/mol. The number of nitrogens with one attached hydrogen (secondary N) is 1. The lowest BCUT2D eigenvalue weighted by atomic mass is 9.94. The highest BCUT2D eigenvalue weighted by Gasteiger charge is 2.35. The van der Waals surface area contributed by atoms with Crippen LogP contribution >= 0.6 is 23.8 Å². The zero-order valence-corrected chi connectivity index (χ0v) is 19.4. The molecule has 9 heteroatoms. The summed E-state index contributed by atoms with van der Waals surface area (Å²) in [7, 11) is 0. The van der Waals surface area contributed by atoms with E-state index >= 15 is 0 Å². The molecule has 5 rings (SSSR count). The fourth-order valence-electron chi connectivity index (χ4n) is 3.93. The predicted molar refractivity (Wildman–Crippen MR) is 131 cm³/mol. The van der Waals surface area contributed by atoms with Crippen LogP contribution in [0, 0.1) is 11.6 Å². The summed E-state index contributed by atoms with van der Waals surface area (Å²) in [5, 5.41) is 8.33. The van der Waals surface area contributed by atoms with Crippen LogP contribution in [0.25, 0.3) is 17.0 Å². The van der Waals surface area contributed by atoms with Crippen molar-refractivity contribution in [2.24, 2.45) is 0 Å². The Hall–Kier alpha value is -3.62. The maximum atomic E-state index is 14.1. The van der Waals surface area contributed by atoms with Crippen molar-refractivity contribution in [2.75, 3.05) is 4.90 Å². The lowest BCUT2D eigenvalue weighted by Gasteiger charge is -2.37. The van der Waals surface area contributed by atoms with E-state index in [1.165, 1.54) is 24.3 Å². The van der Waals surface area contributed by atoms with Crippen LogP contribution in [0.15, 0.2) is 83.0 Å². The molecule has 4 aromatic rings. The molecule has 1 aliphatic rings. The summed E-state index contributed by atoms with van der Waals surface area (Å²) < 4.78 is 33.1. The molecule has 170 valence electrons. The predicted octanol–water partition coefficient (Wildman–Crippen LogP) is 6.54. The first-order chi connectivity index (χ1) is 16.4. The SMILES string of the molecule is CC1=C(c2nc(-c3ccc(F)cc3)no2)C(c2cccc(F)c2)NC(=S)N1c1cccc(Cl)c1. The van der Waals surface area contributed by atoms with E-state index in [0.29, 0.717) is 32.7 Å². The van der Waals surface area contributed by atoms with Gasteiger partial charge in [-0.1, -0.05) is 35.0 Å². The van der Waals surface area contributed by atoms with Crippen LogP contribution in [0.1, 0.15) is 24.4 Å². The highest BCUT2D eigenvalue weighted by atomic mass is 35.5. The number of hydrogen-bond acceptors (Lipinski definition) is 4. The number of nitrogens with zero attached hydrogens (tertiary/aromatic N) is 3. The van der Waals surface area contributed by atoms with E-state index in [1.807, 2.05) is 24.0 Å². The second-order valence-corrected chi connectivity index (χ2v) is 8.51. The van der Waals surface area contributed by atoms with Crippen molar-refractivity contribution in [1.82, 2.24) is 15.5 Å². The maximum absolute atomic E-state index is 14.1. The number of benzene rings is 3. The van der Waals surface area contributed by atoms with Gasteiger partial charge in [0.15, 0.2) is 5.11 Å². The minimum Gasteiger partial charge on any atom is -0.351 e. The van der Waals surface area contributed by atoms with Gasteiger partial charge in [-0.2, -0.15) is 4.98 Å². The van der Waals surface area contributed by atoms with Gasteiger partial charge in [0, 0.05) is 22.0 Å². The Kier molecular flexibility index (Phi) is 5.85. The summed E-state index contributed by atoms with van der Waals surface area (Å²) >= 11 is 11.9. The molecule has 1 N–H and O–H groups in total. The molecule has 1 aromatic heterocycles. The fourth-order valence-corrected chi connectivity index (χ4v) is 4.48. The van der Waals surface area contributed by atoms with Gasteiger partial charge in [0.25, 0.3) is 5.89 Å². The van der Waals surface area contributed by atoms with Crippen molar-refractivity contribution in [3.8, 4) is 11.4 Å². The monoisotopic (exact) mass is 494 g/mol. The largest absolute Gasteiger partial charge is 0.351 e. The van der Waals surface area contributed by atoms with E-state index in [-0.39, 0.29) is 17.5 Å². The minimum atomic E-state index is -0.542. The van der Waals surface area contributed by atoms with Crippen LogP contribution in [0.5, 0.6) is 0 Å². The van der Waals surface area contributed by atoms with Crippen molar-refractivity contribution >= 4 is 40.2 Å². The topological polar surface area (TPSA) is 54.2 Å². The van der Waals surface area contributed by atoms with E-state index in [9.17, 15) is 8.78 Å². The lowest BCUT2D eigenvalue weighted by molar-refractivity contribution is 0.404. The smallest absolute Gasteiger partial charge is 0.258 e. The Morgan fingerprint density at radius 3 is 2.50 bits per heavy atom. The molecule has 0 bridgehead atoms. The maximum Gasteiger partial charge on any atom is 0.258 e. The van der Waals surface area contributed by atoms with Gasteiger partial charge in [-0.25, -0.2) is 8.78 Å². The third kappa shape index (κ3) is 4.18. The number of anilines is 1. The van der Waals surface area contributed by atoms with Gasteiger partial charge in [0.2, 0.25) is 5.82 Å². The molecule has 1 aliphatic heterocycles. The van der Waals surface area contributed by atoms with E-state index < -0.39 is 6.04 Å². The molecule has 0 spiro atoms. The number of aromatic nitrogens is 2. The normalized spacial score (nSPS) is 16.1. The molecule has 0 aliphatic carbocycles. The van der Waals surface area contributed by atoms with Crippen LogP contribution < -0.4 is 10.2 Å². The molecule has 0 radical (unpaired) electrons. The first kappa shape index (κ1) is 22.2. The van der Waals surface area contributed by atoms with E-state index in [0.717, 1.165) is 11.4 Å². The Bertz CT molecular complexity index is 1420. The van der Waals surface area contributed by atoms with Gasteiger partial charge < -0.3 is 9.84 Å². The highest BCUT2D eigenvalue weighted by molar-refractivity contribution is 7.80. The number of rotatable bonds is 4. The van der Waals surface area contributed by atoms with Crippen molar-refractivity contribution in [2.45, 2.75) is 13.0 Å². The van der Waals surface area contributed by atoms with Gasteiger partial charge in [-0.05, 0) is 79.3 Å². The average Bonchev–Trinajstić information content (AvgIpc) is 3.29. The fraction of sp³-hybridized carbons (Fsp3) is 0.0800. The van der Waals surface area contributed by atoms with Gasteiger partial charge in [-0.15, -0.1) is 0 Å². The van der Waals surface area contributed by atoms with E-state index in [2.05, 4.69) is 15.5 Å².